The highest BCUT2D eigenvalue weighted by Crippen LogP contribution is 2.60. The number of rotatable bonds is 15. The Morgan fingerprint density at radius 3 is 1.91 bits per heavy atom. The Kier molecular flexibility index (Phi) is 19.4. The lowest BCUT2D eigenvalue weighted by Crippen LogP contribution is -2.14. The van der Waals surface area contributed by atoms with Crippen LogP contribution >= 0.6 is 70.6 Å². The lowest BCUT2D eigenvalue weighted by molar-refractivity contribution is 0.0557. The summed E-state index contributed by atoms with van der Waals surface area (Å²) in [6, 6.07) is 18.0. The molecule has 5 rings (SSSR count). The maximum absolute atomic E-state index is 13.8. The highest BCUT2D eigenvalue weighted by molar-refractivity contribution is 9.10. The Morgan fingerprint density at radius 1 is 0.804 bits per heavy atom. The minimum atomic E-state index is -5.57. The Bertz CT molecular complexity index is 2180. The number of nitrogens with zero attached hydrogens (tertiary/aromatic N) is 3. The van der Waals surface area contributed by atoms with Gasteiger partial charge in [0.2, 0.25) is 0 Å². The number of aryl methyl sites for hydroxylation is 2. The van der Waals surface area contributed by atoms with E-state index in [0.717, 1.165) is 67.5 Å². The molecule has 0 unspecified atom stereocenters. The number of hydrogen-bond donors (Lipinski definition) is 5. The fraction of sp³-hybridized carbons (Fsp3) is 0.314. The summed E-state index contributed by atoms with van der Waals surface area (Å²) in [7, 11) is -9.21. The van der Waals surface area contributed by atoms with Crippen molar-refractivity contribution in [2.45, 2.75) is 60.9 Å². The van der Waals surface area contributed by atoms with Crippen molar-refractivity contribution in [2.75, 3.05) is 18.2 Å². The maximum atomic E-state index is 13.8. The molecule has 0 saturated heterocycles. The SMILES string of the molecule is CP(=O)(O)O.O=P(O)(O)C(F)(F)c1ccc(CCCCSc2ncccn2)cc1Br.O=c1[nH]c(SCCCCc2ccc(C(F)F)c(Br)c2)nc2ccccc12. The first-order valence-corrected chi connectivity index (χ1v) is 23.8. The number of halogens is 6. The van der Waals surface area contributed by atoms with Gasteiger partial charge in [0.05, 0.1) is 10.9 Å². The second kappa shape index (κ2) is 22.6. The molecule has 304 valence electrons. The van der Waals surface area contributed by atoms with Crippen molar-refractivity contribution in [1.82, 2.24) is 19.9 Å². The number of fused-ring (bicyclic) bond motifs is 1. The van der Waals surface area contributed by atoms with Gasteiger partial charge in [0, 0.05) is 50.6 Å². The molecule has 56 heavy (non-hydrogen) atoms. The molecule has 0 atom stereocenters. The van der Waals surface area contributed by atoms with E-state index >= 15 is 0 Å². The molecule has 21 heteroatoms. The maximum Gasteiger partial charge on any atom is 0.399 e. The Balaban J connectivity index is 0.000000268. The van der Waals surface area contributed by atoms with Crippen LogP contribution in [0.2, 0.25) is 0 Å². The second-order valence-corrected chi connectivity index (χ2v) is 19.1. The lowest BCUT2D eigenvalue weighted by Gasteiger charge is -2.19. The van der Waals surface area contributed by atoms with E-state index in [-0.39, 0.29) is 15.6 Å². The summed E-state index contributed by atoms with van der Waals surface area (Å²) in [6.07, 6.45) is 6.03. The van der Waals surface area contributed by atoms with E-state index < -0.39 is 32.8 Å². The number of para-hydroxylation sites is 1. The van der Waals surface area contributed by atoms with Crippen LogP contribution in [0.5, 0.6) is 0 Å². The first-order valence-electron chi connectivity index (χ1n) is 16.6. The zero-order valence-corrected chi connectivity index (χ0v) is 36.2. The van der Waals surface area contributed by atoms with Crippen LogP contribution in [0.1, 0.15) is 54.4 Å². The molecule has 0 bridgehead atoms. The average Bonchev–Trinajstić information content (AvgIpc) is 3.11. The zero-order valence-electron chi connectivity index (χ0n) is 29.6. The summed E-state index contributed by atoms with van der Waals surface area (Å²) in [4.78, 5) is 60.4. The van der Waals surface area contributed by atoms with Crippen LogP contribution in [-0.2, 0) is 27.6 Å². The van der Waals surface area contributed by atoms with Gasteiger partial charge in [0.1, 0.15) is 0 Å². The van der Waals surface area contributed by atoms with Crippen molar-refractivity contribution >= 4 is 81.5 Å². The summed E-state index contributed by atoms with van der Waals surface area (Å²) in [6.45, 7) is 0.854. The number of unbranched alkanes of at least 4 members (excludes halogenated alkanes) is 2. The van der Waals surface area contributed by atoms with E-state index in [1.807, 2.05) is 18.2 Å². The predicted octanol–water partition coefficient (Wildman–Crippen LogP) is 10.1. The first kappa shape index (κ1) is 47.9. The molecule has 5 N–H and O–H groups in total. The smallest absolute Gasteiger partial charge is 0.325 e. The minimum absolute atomic E-state index is 0.00890. The molecule has 0 aliphatic heterocycles. The number of H-pyrrole nitrogens is 1. The lowest BCUT2D eigenvalue weighted by atomic mass is 10.1. The Morgan fingerprint density at radius 2 is 1.36 bits per heavy atom. The molecule has 3 aromatic carbocycles. The quantitative estimate of drug-likeness (QED) is 0.0220. The second-order valence-electron chi connectivity index (χ2n) is 11.9. The van der Waals surface area contributed by atoms with Gasteiger partial charge >= 0.3 is 20.9 Å². The van der Waals surface area contributed by atoms with Crippen LogP contribution in [-0.4, -0.2) is 57.7 Å². The van der Waals surface area contributed by atoms with E-state index in [0.29, 0.717) is 32.1 Å². The molecule has 0 aliphatic carbocycles. The average molecular weight is 989 g/mol. The molecule has 0 saturated carbocycles. The van der Waals surface area contributed by atoms with Crippen LogP contribution < -0.4 is 5.56 Å². The van der Waals surface area contributed by atoms with E-state index in [4.69, 9.17) is 19.6 Å². The van der Waals surface area contributed by atoms with E-state index in [1.54, 1.807) is 48.4 Å². The number of thioether (sulfide) groups is 2. The third kappa shape index (κ3) is 16.4. The third-order valence-electron chi connectivity index (χ3n) is 7.35. The van der Waals surface area contributed by atoms with Gasteiger partial charge in [-0.25, -0.2) is 23.7 Å². The molecule has 0 spiro atoms. The molecule has 5 aromatic rings. The van der Waals surface area contributed by atoms with Gasteiger partial charge in [0.15, 0.2) is 10.3 Å². The van der Waals surface area contributed by atoms with Gasteiger partial charge in [0.25, 0.3) is 12.0 Å². The summed E-state index contributed by atoms with van der Waals surface area (Å²) >= 11 is 9.25. The normalized spacial score (nSPS) is 11.9. The molecule has 11 nitrogen and oxygen atoms in total. The minimum Gasteiger partial charge on any atom is -0.325 e. The van der Waals surface area contributed by atoms with E-state index in [9.17, 15) is 31.5 Å². The number of aromatic amines is 1. The third-order valence-corrected chi connectivity index (χ3v) is 11.6. The largest absolute Gasteiger partial charge is 0.399 e. The Hall–Kier alpha value is -2.44. The van der Waals surface area contributed by atoms with Crippen molar-refractivity contribution in [3.63, 3.8) is 0 Å². The fourth-order valence-corrected chi connectivity index (χ4v) is 8.31. The summed E-state index contributed by atoms with van der Waals surface area (Å²) in [5.41, 5.74) is -2.47. The fourth-order valence-electron chi connectivity index (χ4n) is 4.71. The summed E-state index contributed by atoms with van der Waals surface area (Å²) in [5, 5.41) is 1.93. The van der Waals surface area contributed by atoms with Gasteiger partial charge in [-0.05, 0) is 80.0 Å². The molecular formula is C35H38Br2F4N4O7P2S2. The number of nitrogens with one attached hydrogen (secondary N) is 1. The van der Waals surface area contributed by atoms with E-state index in [2.05, 4.69) is 51.8 Å². The number of hydrogen-bond acceptors (Lipinski definition) is 8. The van der Waals surface area contributed by atoms with Gasteiger partial charge in [-0.3, -0.25) is 13.9 Å². The van der Waals surface area contributed by atoms with Gasteiger partial charge in [-0.1, -0.05) is 91.8 Å². The van der Waals surface area contributed by atoms with Crippen LogP contribution in [0.4, 0.5) is 17.6 Å². The van der Waals surface area contributed by atoms with Crippen LogP contribution in [0.3, 0.4) is 0 Å². The summed E-state index contributed by atoms with van der Waals surface area (Å²) < 4.78 is 73.7. The van der Waals surface area contributed by atoms with Crippen LogP contribution in [0.15, 0.2) is 103 Å². The van der Waals surface area contributed by atoms with Gasteiger partial charge < -0.3 is 24.6 Å². The molecule has 2 aromatic heterocycles. The van der Waals surface area contributed by atoms with Gasteiger partial charge in [-0.2, -0.15) is 8.78 Å². The van der Waals surface area contributed by atoms with Gasteiger partial charge in [-0.15, -0.1) is 0 Å². The molecule has 0 aliphatic rings. The predicted molar refractivity (Wildman–Crippen MR) is 219 cm³/mol. The topological polar surface area (TPSA) is 187 Å². The molecule has 0 amide bonds. The van der Waals surface area contributed by atoms with E-state index in [1.165, 1.54) is 30.0 Å². The first-order chi connectivity index (χ1) is 26.3. The summed E-state index contributed by atoms with van der Waals surface area (Å²) in [5.74, 6) is 1.68. The molecule has 2 heterocycles. The molecule has 0 fully saturated rings. The van der Waals surface area contributed by atoms with Crippen molar-refractivity contribution in [2.24, 2.45) is 0 Å². The molecule has 0 radical (unpaired) electrons. The number of benzene rings is 3. The van der Waals surface area contributed by atoms with Crippen molar-refractivity contribution in [1.29, 1.82) is 0 Å². The van der Waals surface area contributed by atoms with Crippen LogP contribution in [0.25, 0.3) is 10.9 Å². The number of aromatic nitrogens is 4. The highest BCUT2D eigenvalue weighted by atomic mass is 79.9. The standard InChI is InChI=1S/C19H17BrF2N2OS.C15H16BrF2N2O3PS.CH5O3P/c20-15-11-12(8-9-13(15)17(21)22)5-3-4-10-26-19-23-16-7-2-1-6-14(16)18(25)24-19;16-13-10-11(5-6-12(13)15(17,18)24(21,22)23)4-1-2-9-25-14-19-7-3-8-20-14;1-5(2,3)4/h1-2,6-9,11,17H,3-5,10H2,(H,23,24,25);3,5-8,10H,1-2,4,9H2,(H2,21,22,23);1H3,(H2,2,3,4). The van der Waals surface area contributed by atoms with Crippen molar-refractivity contribution < 1.29 is 46.3 Å². The van der Waals surface area contributed by atoms with Crippen molar-refractivity contribution in [3.05, 3.63) is 121 Å². The highest BCUT2D eigenvalue weighted by Gasteiger charge is 2.51. The molecular weight excluding hydrogens is 950 g/mol. The van der Waals surface area contributed by atoms with Crippen LogP contribution in [0, 0.1) is 0 Å². The zero-order chi connectivity index (χ0) is 41.5. The Labute approximate surface area is 345 Å². The monoisotopic (exact) mass is 986 g/mol. The van der Waals surface area contributed by atoms with Crippen molar-refractivity contribution in [3.8, 4) is 0 Å². The number of alkyl halides is 4.